The zero-order chi connectivity index (χ0) is 18.9. The smallest absolute Gasteiger partial charge is 0.242 e. The largest absolute Gasteiger partial charge is 0.328 e. The Morgan fingerprint density at radius 3 is 2.58 bits per heavy atom. The normalized spacial score (nSPS) is 12.2. The van der Waals surface area contributed by atoms with E-state index in [2.05, 4.69) is 33.5 Å². The summed E-state index contributed by atoms with van der Waals surface area (Å²) < 4.78 is 29.1. The summed E-state index contributed by atoms with van der Waals surface area (Å²) in [6.45, 7) is 2.85. The molecule has 1 heterocycles. The molecule has 0 aliphatic carbocycles. The number of sulfonamides is 1. The number of rotatable bonds is 6. The van der Waals surface area contributed by atoms with E-state index in [1.165, 1.54) is 18.4 Å². The van der Waals surface area contributed by atoms with Gasteiger partial charge in [0, 0.05) is 30.0 Å². The van der Waals surface area contributed by atoms with Gasteiger partial charge in [-0.05, 0) is 53.2 Å². The molecule has 1 aromatic heterocycles. The minimum atomic E-state index is -3.47. The molecule has 0 unspecified atom stereocenters. The van der Waals surface area contributed by atoms with Crippen LogP contribution in [-0.2, 0) is 22.3 Å². The molecule has 0 radical (unpaired) electrons. The molecule has 0 fully saturated rings. The molecule has 0 saturated heterocycles. The van der Waals surface area contributed by atoms with Crippen molar-refractivity contribution in [3.8, 4) is 0 Å². The highest BCUT2D eigenvalue weighted by molar-refractivity contribution is 9.10. The van der Waals surface area contributed by atoms with Crippen LogP contribution in [0.1, 0.15) is 12.7 Å². The number of fused-ring (bicyclic) bond motifs is 1. The van der Waals surface area contributed by atoms with Crippen molar-refractivity contribution in [1.29, 1.82) is 0 Å². The second kappa shape index (κ2) is 7.72. The summed E-state index contributed by atoms with van der Waals surface area (Å²) in [5.74, 6) is 1.64. The molecule has 3 rings (SSSR count). The van der Waals surface area contributed by atoms with E-state index in [0.29, 0.717) is 11.3 Å². The number of imidazole rings is 1. The molecule has 0 N–H and O–H groups in total. The Balaban J connectivity index is 1.97. The lowest BCUT2D eigenvalue weighted by Gasteiger charge is -2.11. The maximum atomic E-state index is 12.4. The lowest BCUT2D eigenvalue weighted by Crippen LogP contribution is -2.22. The topological polar surface area (TPSA) is 55.2 Å². The Bertz CT molecular complexity index is 1050. The summed E-state index contributed by atoms with van der Waals surface area (Å²) in [5, 5.41) is 0. The Morgan fingerprint density at radius 1 is 1.19 bits per heavy atom. The Kier molecular flexibility index (Phi) is 5.76. The molecule has 0 aliphatic heterocycles. The van der Waals surface area contributed by atoms with E-state index in [4.69, 9.17) is 4.98 Å². The fraction of sp³-hybridized carbons (Fsp3) is 0.278. The molecule has 2 aromatic carbocycles. The second-order valence-corrected chi connectivity index (χ2v) is 9.95. The van der Waals surface area contributed by atoms with Gasteiger partial charge in [-0.2, -0.15) is 0 Å². The first-order valence-corrected chi connectivity index (χ1v) is 11.4. The molecule has 0 spiro atoms. The van der Waals surface area contributed by atoms with Crippen LogP contribution in [-0.4, -0.2) is 36.4 Å². The van der Waals surface area contributed by atoms with Crippen molar-refractivity contribution in [2.45, 2.75) is 29.0 Å². The SMILES string of the molecule is CCn1c(CSc2ccccc2Br)nc2cc(S(=O)(=O)N(C)C)ccc21. The highest BCUT2D eigenvalue weighted by Crippen LogP contribution is 2.31. The first-order valence-electron chi connectivity index (χ1n) is 8.13. The van der Waals surface area contributed by atoms with Crippen molar-refractivity contribution >= 4 is 48.7 Å². The molecule has 0 saturated carbocycles. The number of hydrogen-bond acceptors (Lipinski definition) is 4. The van der Waals surface area contributed by atoms with E-state index in [9.17, 15) is 8.42 Å². The number of benzene rings is 2. The molecule has 0 aliphatic rings. The first kappa shape index (κ1) is 19.4. The minimum Gasteiger partial charge on any atom is -0.328 e. The number of nitrogens with zero attached hydrogens (tertiary/aromatic N) is 3. The van der Waals surface area contributed by atoms with Crippen molar-refractivity contribution in [1.82, 2.24) is 13.9 Å². The third kappa shape index (κ3) is 3.69. The third-order valence-electron chi connectivity index (χ3n) is 4.09. The molecule has 0 bridgehead atoms. The van der Waals surface area contributed by atoms with Gasteiger partial charge in [0.05, 0.1) is 21.7 Å². The Labute approximate surface area is 166 Å². The summed E-state index contributed by atoms with van der Waals surface area (Å²) >= 11 is 5.27. The fourth-order valence-electron chi connectivity index (χ4n) is 2.70. The quantitative estimate of drug-likeness (QED) is 0.520. The molecule has 0 atom stereocenters. The van der Waals surface area contributed by atoms with Gasteiger partial charge >= 0.3 is 0 Å². The molecular weight excluding hydrogens is 434 g/mol. The minimum absolute atomic E-state index is 0.265. The number of halogens is 1. The van der Waals surface area contributed by atoms with Gasteiger partial charge in [-0.15, -0.1) is 11.8 Å². The number of hydrogen-bond donors (Lipinski definition) is 0. The van der Waals surface area contributed by atoms with Crippen LogP contribution < -0.4 is 0 Å². The van der Waals surface area contributed by atoms with E-state index in [1.807, 2.05) is 24.3 Å². The second-order valence-electron chi connectivity index (χ2n) is 5.93. The predicted molar refractivity (Wildman–Crippen MR) is 110 cm³/mol. The Hall–Kier alpha value is -1.35. The summed E-state index contributed by atoms with van der Waals surface area (Å²) in [5.41, 5.74) is 1.66. The summed E-state index contributed by atoms with van der Waals surface area (Å²) in [6.07, 6.45) is 0. The number of thioether (sulfide) groups is 1. The van der Waals surface area contributed by atoms with Gasteiger partial charge in [-0.25, -0.2) is 17.7 Å². The van der Waals surface area contributed by atoms with Crippen LogP contribution in [0.25, 0.3) is 11.0 Å². The number of aryl methyl sites for hydroxylation is 1. The summed E-state index contributed by atoms with van der Waals surface area (Å²) in [6, 6.07) is 13.2. The maximum absolute atomic E-state index is 12.4. The van der Waals surface area contributed by atoms with Crippen molar-refractivity contribution in [3.63, 3.8) is 0 Å². The van der Waals surface area contributed by atoms with Crippen molar-refractivity contribution < 1.29 is 8.42 Å². The van der Waals surface area contributed by atoms with Crippen LogP contribution in [0.4, 0.5) is 0 Å². The van der Waals surface area contributed by atoms with Crippen LogP contribution in [0.3, 0.4) is 0 Å². The van der Waals surface area contributed by atoms with Gasteiger partial charge in [0.2, 0.25) is 10.0 Å². The van der Waals surface area contributed by atoms with E-state index in [1.54, 1.807) is 23.9 Å². The van der Waals surface area contributed by atoms with Gasteiger partial charge < -0.3 is 4.57 Å². The zero-order valence-electron chi connectivity index (χ0n) is 14.8. The third-order valence-corrected chi connectivity index (χ3v) is 7.92. The summed E-state index contributed by atoms with van der Waals surface area (Å²) in [4.78, 5) is 6.12. The Morgan fingerprint density at radius 2 is 1.92 bits per heavy atom. The molecule has 138 valence electrons. The lowest BCUT2D eigenvalue weighted by atomic mass is 10.3. The molecule has 5 nitrogen and oxygen atoms in total. The molecule has 8 heteroatoms. The van der Waals surface area contributed by atoms with Crippen LogP contribution in [0, 0.1) is 0 Å². The van der Waals surface area contributed by atoms with Crippen LogP contribution >= 0.6 is 27.7 Å². The van der Waals surface area contributed by atoms with Gasteiger partial charge in [0.1, 0.15) is 5.82 Å². The van der Waals surface area contributed by atoms with Crippen molar-refractivity contribution in [3.05, 3.63) is 52.8 Å². The van der Waals surface area contributed by atoms with Gasteiger partial charge in [0.25, 0.3) is 0 Å². The lowest BCUT2D eigenvalue weighted by molar-refractivity contribution is 0.521. The predicted octanol–water partition coefficient (Wildman–Crippen LogP) is 4.36. The maximum Gasteiger partial charge on any atom is 0.242 e. The molecule has 3 aromatic rings. The average Bonchev–Trinajstić information content (AvgIpc) is 2.97. The molecule has 0 amide bonds. The molecule has 26 heavy (non-hydrogen) atoms. The monoisotopic (exact) mass is 453 g/mol. The van der Waals surface area contributed by atoms with E-state index >= 15 is 0 Å². The van der Waals surface area contributed by atoms with Gasteiger partial charge in [0.15, 0.2) is 0 Å². The zero-order valence-corrected chi connectivity index (χ0v) is 18.0. The molecular formula is C18H20BrN3O2S2. The van der Waals surface area contributed by atoms with E-state index in [-0.39, 0.29) is 4.90 Å². The van der Waals surface area contributed by atoms with Crippen molar-refractivity contribution in [2.24, 2.45) is 0 Å². The van der Waals surface area contributed by atoms with Gasteiger partial charge in [-0.1, -0.05) is 12.1 Å². The standard InChI is InChI=1S/C18H20BrN3O2S2/c1-4-22-16-10-9-13(26(23,24)21(2)3)11-15(16)20-18(22)12-25-17-8-6-5-7-14(17)19/h5-11H,4,12H2,1-3H3. The van der Waals surface area contributed by atoms with Gasteiger partial charge in [-0.3, -0.25) is 0 Å². The summed E-state index contributed by atoms with van der Waals surface area (Å²) in [7, 11) is -0.403. The van der Waals surface area contributed by atoms with E-state index in [0.717, 1.165) is 27.3 Å². The van der Waals surface area contributed by atoms with Crippen LogP contribution in [0.15, 0.2) is 56.7 Å². The van der Waals surface area contributed by atoms with Crippen LogP contribution in [0.5, 0.6) is 0 Å². The first-order chi connectivity index (χ1) is 12.3. The van der Waals surface area contributed by atoms with Crippen molar-refractivity contribution in [2.75, 3.05) is 14.1 Å². The highest BCUT2D eigenvalue weighted by Gasteiger charge is 2.19. The average molecular weight is 454 g/mol. The number of aromatic nitrogens is 2. The van der Waals surface area contributed by atoms with E-state index < -0.39 is 10.0 Å². The fourth-order valence-corrected chi connectivity index (χ4v) is 5.13. The van der Waals surface area contributed by atoms with Crippen LogP contribution in [0.2, 0.25) is 0 Å². The highest BCUT2D eigenvalue weighted by atomic mass is 79.9.